The number of nitrogens with one attached hydrogen (secondary N) is 2. The molecule has 4 aromatic rings. The Morgan fingerprint density at radius 3 is 2.44 bits per heavy atom. The van der Waals surface area contributed by atoms with Crippen LogP contribution in [-0.4, -0.2) is 53.2 Å². The second-order valence-corrected chi connectivity index (χ2v) is 12.2. The third kappa shape index (κ3) is 6.76. The van der Waals surface area contributed by atoms with Crippen LogP contribution in [0.2, 0.25) is 0 Å². The number of rotatable bonds is 10. The van der Waals surface area contributed by atoms with Gasteiger partial charge in [0.15, 0.2) is 0 Å². The molecule has 6 nitrogen and oxygen atoms in total. The van der Waals surface area contributed by atoms with Crippen LogP contribution >= 0.6 is 0 Å². The highest BCUT2D eigenvalue weighted by Gasteiger charge is 2.46. The van der Waals surface area contributed by atoms with Crippen LogP contribution in [0.3, 0.4) is 0 Å². The normalized spacial score (nSPS) is 17.0. The maximum Gasteiger partial charge on any atom is 0.416 e. The standard InChI is InChI=1S/C36H39F3N4O2/c1-2-24-11-12-29-31(21-24)41-33(25-7-6-10-27(22-25)36(37,38)39)30(23-43-18-13-28(14-19-43)40-17-20-44)32(29)34(45)42-35(15-16-35)26-8-4-3-5-9-26/h3-12,21-22,28,40,44H,2,13-20,23H2,1H3,(H,42,45). The monoisotopic (exact) mass is 616 g/mol. The molecule has 1 amide bonds. The Labute approximate surface area is 261 Å². The average Bonchev–Trinajstić information content (AvgIpc) is 3.84. The van der Waals surface area contributed by atoms with E-state index < -0.39 is 17.3 Å². The van der Waals surface area contributed by atoms with Crippen molar-refractivity contribution in [2.45, 2.75) is 63.3 Å². The summed E-state index contributed by atoms with van der Waals surface area (Å²) in [6, 6.07) is 21.3. The molecular formula is C36H39F3N4O2. The van der Waals surface area contributed by atoms with Gasteiger partial charge >= 0.3 is 6.18 Å². The van der Waals surface area contributed by atoms with Crippen LogP contribution < -0.4 is 10.6 Å². The Kier molecular flexibility index (Phi) is 8.95. The van der Waals surface area contributed by atoms with E-state index in [1.54, 1.807) is 6.07 Å². The van der Waals surface area contributed by atoms with Gasteiger partial charge in [-0.1, -0.05) is 61.5 Å². The number of aryl methyl sites for hydroxylation is 1. The molecule has 3 N–H and O–H groups in total. The van der Waals surface area contributed by atoms with Crippen LogP contribution in [0, 0.1) is 0 Å². The number of aromatic nitrogens is 1. The lowest BCUT2D eigenvalue weighted by molar-refractivity contribution is -0.137. The summed E-state index contributed by atoms with van der Waals surface area (Å²) >= 11 is 0. The van der Waals surface area contributed by atoms with E-state index in [1.807, 2.05) is 55.5 Å². The van der Waals surface area contributed by atoms with Crippen LogP contribution in [0.25, 0.3) is 22.2 Å². The first-order valence-electron chi connectivity index (χ1n) is 15.8. The molecule has 1 aliphatic heterocycles. The Bertz CT molecular complexity index is 1660. The zero-order valence-electron chi connectivity index (χ0n) is 25.5. The molecule has 2 fully saturated rings. The third-order valence-corrected chi connectivity index (χ3v) is 9.19. The predicted molar refractivity (Wildman–Crippen MR) is 170 cm³/mol. The summed E-state index contributed by atoms with van der Waals surface area (Å²) in [5.41, 5.74) is 3.28. The van der Waals surface area contributed by atoms with Crippen molar-refractivity contribution in [3.05, 3.63) is 101 Å². The summed E-state index contributed by atoms with van der Waals surface area (Å²) in [5, 5.41) is 16.6. The maximum atomic E-state index is 14.5. The molecule has 1 saturated carbocycles. The smallest absolute Gasteiger partial charge is 0.395 e. The number of piperidine rings is 1. The minimum Gasteiger partial charge on any atom is -0.395 e. The lowest BCUT2D eigenvalue weighted by atomic mass is 9.92. The number of carbonyl (C=O) groups is 1. The van der Waals surface area contributed by atoms with Crippen LogP contribution in [0.15, 0.2) is 72.8 Å². The average molecular weight is 617 g/mol. The highest BCUT2D eigenvalue weighted by atomic mass is 19.4. The molecule has 6 rings (SSSR count). The van der Waals surface area contributed by atoms with Gasteiger partial charge in [-0.25, -0.2) is 4.98 Å². The molecule has 2 aliphatic rings. The van der Waals surface area contributed by atoms with Crippen LogP contribution in [0.1, 0.15) is 65.2 Å². The summed E-state index contributed by atoms with van der Waals surface area (Å²) in [6.07, 6.45) is -0.404. The Hall–Kier alpha value is -3.79. The zero-order valence-corrected chi connectivity index (χ0v) is 25.5. The van der Waals surface area contributed by atoms with E-state index in [0.717, 1.165) is 68.5 Å². The molecule has 3 aromatic carbocycles. The van der Waals surface area contributed by atoms with Gasteiger partial charge in [-0.3, -0.25) is 9.69 Å². The first kappa shape index (κ1) is 31.2. The van der Waals surface area contributed by atoms with E-state index in [-0.39, 0.29) is 18.6 Å². The maximum absolute atomic E-state index is 14.5. The van der Waals surface area contributed by atoms with Crippen molar-refractivity contribution in [3.8, 4) is 11.3 Å². The number of carbonyl (C=O) groups excluding carboxylic acids is 1. The van der Waals surface area contributed by atoms with Crippen molar-refractivity contribution < 1.29 is 23.1 Å². The van der Waals surface area contributed by atoms with E-state index in [2.05, 4.69) is 15.5 Å². The second-order valence-electron chi connectivity index (χ2n) is 12.2. The lowest BCUT2D eigenvalue weighted by Crippen LogP contribution is -2.43. The SMILES string of the molecule is CCc1ccc2c(C(=O)NC3(c4ccccc4)CC3)c(CN3CCC(NCCO)CC3)c(-c3cccc(C(F)(F)F)c3)nc2c1. The Morgan fingerprint density at radius 1 is 1.02 bits per heavy atom. The molecular weight excluding hydrogens is 577 g/mol. The molecule has 0 radical (unpaired) electrons. The van der Waals surface area contributed by atoms with Gasteiger partial charge in [0.25, 0.3) is 5.91 Å². The van der Waals surface area contributed by atoms with Gasteiger partial charge < -0.3 is 15.7 Å². The van der Waals surface area contributed by atoms with E-state index in [1.165, 1.54) is 6.07 Å². The number of fused-ring (bicyclic) bond motifs is 1. The van der Waals surface area contributed by atoms with Gasteiger partial charge in [-0.05, 0) is 74.5 Å². The van der Waals surface area contributed by atoms with Crippen LogP contribution in [-0.2, 0) is 24.7 Å². The number of hydrogen-bond acceptors (Lipinski definition) is 5. The van der Waals surface area contributed by atoms with Gasteiger partial charge in [0, 0.05) is 35.6 Å². The van der Waals surface area contributed by atoms with Gasteiger partial charge in [-0.2, -0.15) is 13.2 Å². The van der Waals surface area contributed by atoms with Gasteiger partial charge in [0.05, 0.1) is 34.5 Å². The molecule has 0 unspecified atom stereocenters. The number of amides is 1. The third-order valence-electron chi connectivity index (χ3n) is 9.19. The Balaban J connectivity index is 1.48. The highest BCUT2D eigenvalue weighted by Crippen LogP contribution is 2.46. The minimum atomic E-state index is -4.51. The highest BCUT2D eigenvalue weighted by molar-refractivity contribution is 6.09. The summed E-state index contributed by atoms with van der Waals surface area (Å²) in [7, 11) is 0. The van der Waals surface area contributed by atoms with E-state index in [9.17, 15) is 23.1 Å². The first-order chi connectivity index (χ1) is 21.7. The number of aliphatic hydroxyl groups is 1. The van der Waals surface area contributed by atoms with Crippen molar-refractivity contribution >= 4 is 16.8 Å². The van der Waals surface area contributed by atoms with Crippen molar-refractivity contribution in [3.63, 3.8) is 0 Å². The van der Waals surface area contributed by atoms with Gasteiger partial charge in [0.2, 0.25) is 0 Å². The molecule has 236 valence electrons. The quantitative estimate of drug-likeness (QED) is 0.191. The minimum absolute atomic E-state index is 0.0754. The van der Waals surface area contributed by atoms with E-state index in [0.29, 0.717) is 46.4 Å². The van der Waals surface area contributed by atoms with Crippen molar-refractivity contribution in [2.24, 2.45) is 0 Å². The van der Waals surface area contributed by atoms with Crippen molar-refractivity contribution in [2.75, 3.05) is 26.2 Å². The molecule has 0 spiro atoms. The molecule has 45 heavy (non-hydrogen) atoms. The number of nitrogens with zero attached hydrogens (tertiary/aromatic N) is 2. The molecule has 1 saturated heterocycles. The summed E-state index contributed by atoms with van der Waals surface area (Å²) < 4.78 is 41.6. The van der Waals surface area contributed by atoms with Crippen LogP contribution in [0.5, 0.6) is 0 Å². The molecule has 0 atom stereocenters. The second kappa shape index (κ2) is 12.9. The molecule has 0 bridgehead atoms. The molecule has 2 heterocycles. The van der Waals surface area contributed by atoms with Gasteiger partial charge in [-0.15, -0.1) is 0 Å². The number of alkyl halides is 3. The fraction of sp³-hybridized carbons (Fsp3) is 0.389. The van der Waals surface area contributed by atoms with Crippen LogP contribution in [0.4, 0.5) is 13.2 Å². The summed E-state index contributed by atoms with van der Waals surface area (Å²) in [4.78, 5) is 21.8. The number of likely N-dealkylation sites (tertiary alicyclic amines) is 1. The number of hydrogen-bond donors (Lipinski definition) is 3. The van der Waals surface area contributed by atoms with Crippen molar-refractivity contribution in [1.82, 2.24) is 20.5 Å². The number of pyridine rings is 1. The number of benzene rings is 3. The van der Waals surface area contributed by atoms with E-state index >= 15 is 0 Å². The van der Waals surface area contributed by atoms with E-state index in [4.69, 9.17) is 4.98 Å². The molecule has 1 aliphatic carbocycles. The fourth-order valence-corrected chi connectivity index (χ4v) is 6.50. The first-order valence-corrected chi connectivity index (χ1v) is 15.8. The van der Waals surface area contributed by atoms with Gasteiger partial charge in [0.1, 0.15) is 0 Å². The number of halogens is 3. The Morgan fingerprint density at radius 2 is 1.78 bits per heavy atom. The largest absolute Gasteiger partial charge is 0.416 e. The fourth-order valence-electron chi connectivity index (χ4n) is 6.50. The topological polar surface area (TPSA) is 77.5 Å². The summed E-state index contributed by atoms with van der Waals surface area (Å²) in [6.45, 7) is 4.50. The summed E-state index contributed by atoms with van der Waals surface area (Å²) in [5.74, 6) is -0.240. The molecule has 9 heteroatoms. The predicted octanol–water partition coefficient (Wildman–Crippen LogP) is 6.45. The lowest BCUT2D eigenvalue weighted by Gasteiger charge is -2.33. The van der Waals surface area contributed by atoms with Crippen molar-refractivity contribution in [1.29, 1.82) is 0 Å². The zero-order chi connectivity index (χ0) is 31.6. The number of aliphatic hydroxyl groups excluding tert-OH is 1. The molecule has 1 aromatic heterocycles.